The highest BCUT2D eigenvalue weighted by Crippen LogP contribution is 2.19. The normalized spacial score (nSPS) is 11.5. The quantitative estimate of drug-likeness (QED) is 0.137. The van der Waals surface area contributed by atoms with Gasteiger partial charge in [-0.15, -0.1) is 0 Å². The average molecular weight is 473 g/mol. The van der Waals surface area contributed by atoms with E-state index in [0.29, 0.717) is 11.1 Å². The van der Waals surface area contributed by atoms with Crippen LogP contribution in [0.2, 0.25) is 6.04 Å². The third-order valence-corrected chi connectivity index (χ3v) is 8.81. The van der Waals surface area contributed by atoms with Crippen LogP contribution < -0.4 is 4.74 Å². The molecular formula is C27H40O5Si. The molecule has 6 heteroatoms. The fraction of sp³-hybridized carbons (Fsp3) is 0.519. The van der Waals surface area contributed by atoms with Crippen LogP contribution in [0.5, 0.6) is 5.75 Å². The van der Waals surface area contributed by atoms with Crippen LogP contribution in [0.3, 0.4) is 0 Å². The van der Waals surface area contributed by atoms with Gasteiger partial charge >= 0.3 is 8.80 Å². The molecule has 2 aromatic carbocycles. The molecular weight excluding hydrogens is 432 g/mol. The summed E-state index contributed by atoms with van der Waals surface area (Å²) in [5, 5.41) is 0. The molecule has 0 aliphatic carbocycles. The van der Waals surface area contributed by atoms with Gasteiger partial charge in [-0.05, 0) is 37.1 Å². The van der Waals surface area contributed by atoms with Crippen molar-refractivity contribution in [3.05, 3.63) is 65.7 Å². The largest absolute Gasteiger partial charge is 0.500 e. The Balaban J connectivity index is 1.47. The Labute approximate surface area is 200 Å². The fourth-order valence-corrected chi connectivity index (χ4v) is 5.68. The smallest absolute Gasteiger partial charge is 0.494 e. The molecule has 0 aromatic heterocycles. The van der Waals surface area contributed by atoms with Gasteiger partial charge in [-0.1, -0.05) is 75.3 Å². The van der Waals surface area contributed by atoms with Gasteiger partial charge in [-0.3, -0.25) is 4.79 Å². The number of rotatable bonds is 18. The lowest BCUT2D eigenvalue weighted by Crippen LogP contribution is -2.42. The highest BCUT2D eigenvalue weighted by molar-refractivity contribution is 6.60. The van der Waals surface area contributed by atoms with E-state index in [0.717, 1.165) is 31.2 Å². The van der Waals surface area contributed by atoms with Gasteiger partial charge in [-0.2, -0.15) is 0 Å². The van der Waals surface area contributed by atoms with Crippen molar-refractivity contribution >= 4 is 14.6 Å². The SMILES string of the molecule is CO[Si](CCCCCCCCCCCOc1ccc(C(=O)c2ccccc2)cc1)(OC)OC. The summed E-state index contributed by atoms with van der Waals surface area (Å²) >= 11 is 0. The zero-order chi connectivity index (χ0) is 23.8. The van der Waals surface area contributed by atoms with E-state index >= 15 is 0 Å². The minimum atomic E-state index is -2.39. The summed E-state index contributed by atoms with van der Waals surface area (Å²) in [6.07, 6.45) is 10.9. The van der Waals surface area contributed by atoms with Crippen molar-refractivity contribution in [1.82, 2.24) is 0 Å². The molecule has 33 heavy (non-hydrogen) atoms. The van der Waals surface area contributed by atoms with Crippen LogP contribution in [-0.4, -0.2) is 42.5 Å². The second-order valence-corrected chi connectivity index (χ2v) is 11.4. The van der Waals surface area contributed by atoms with E-state index < -0.39 is 8.80 Å². The molecule has 182 valence electrons. The molecule has 0 radical (unpaired) electrons. The van der Waals surface area contributed by atoms with Crippen molar-refractivity contribution in [1.29, 1.82) is 0 Å². The summed E-state index contributed by atoms with van der Waals surface area (Å²) in [6.45, 7) is 0.718. The zero-order valence-electron chi connectivity index (χ0n) is 20.5. The summed E-state index contributed by atoms with van der Waals surface area (Å²) in [5.41, 5.74) is 1.39. The average Bonchev–Trinajstić information content (AvgIpc) is 2.88. The second-order valence-electron chi connectivity index (χ2n) is 8.30. The number of hydrogen-bond acceptors (Lipinski definition) is 5. The lowest BCUT2D eigenvalue weighted by Gasteiger charge is -2.24. The Morgan fingerprint density at radius 1 is 0.636 bits per heavy atom. The number of carbonyl (C=O) groups is 1. The van der Waals surface area contributed by atoms with Gasteiger partial charge in [0.05, 0.1) is 6.61 Å². The lowest BCUT2D eigenvalue weighted by molar-refractivity contribution is 0.103. The molecule has 2 aromatic rings. The summed E-state index contributed by atoms with van der Waals surface area (Å²) in [6, 6.07) is 17.7. The van der Waals surface area contributed by atoms with Gasteiger partial charge in [-0.25, -0.2) is 0 Å². The standard InChI is InChI=1S/C27H40O5Si/c1-29-33(30-2,31-3)23-15-10-8-6-4-5-7-9-14-22-32-26-20-18-25(19-21-26)27(28)24-16-12-11-13-17-24/h11-13,16-21H,4-10,14-15,22-23H2,1-3H3. The van der Waals surface area contributed by atoms with Gasteiger partial charge in [0, 0.05) is 38.5 Å². The van der Waals surface area contributed by atoms with Gasteiger partial charge in [0.25, 0.3) is 0 Å². The van der Waals surface area contributed by atoms with Crippen LogP contribution in [0.1, 0.15) is 73.7 Å². The van der Waals surface area contributed by atoms with Crippen molar-refractivity contribution in [2.24, 2.45) is 0 Å². The summed E-state index contributed by atoms with van der Waals surface area (Å²) < 4.78 is 22.2. The van der Waals surface area contributed by atoms with E-state index in [2.05, 4.69) is 0 Å². The van der Waals surface area contributed by atoms with Gasteiger partial charge < -0.3 is 18.0 Å². The zero-order valence-corrected chi connectivity index (χ0v) is 21.5. The fourth-order valence-electron chi connectivity index (χ4n) is 3.89. The first-order valence-corrected chi connectivity index (χ1v) is 14.1. The van der Waals surface area contributed by atoms with Gasteiger partial charge in [0.15, 0.2) is 5.78 Å². The van der Waals surface area contributed by atoms with Crippen LogP contribution in [0, 0.1) is 0 Å². The number of unbranched alkanes of at least 4 members (excludes halogenated alkanes) is 8. The van der Waals surface area contributed by atoms with Gasteiger partial charge in [0.2, 0.25) is 0 Å². The van der Waals surface area contributed by atoms with Crippen LogP contribution in [-0.2, 0) is 13.3 Å². The Morgan fingerprint density at radius 3 is 1.67 bits per heavy atom. The maximum atomic E-state index is 12.4. The number of hydrogen-bond donors (Lipinski definition) is 0. The van der Waals surface area contributed by atoms with Crippen molar-refractivity contribution in [3.63, 3.8) is 0 Å². The predicted octanol–water partition coefficient (Wildman–Crippen LogP) is 6.69. The molecule has 0 saturated carbocycles. The van der Waals surface area contributed by atoms with E-state index in [4.69, 9.17) is 18.0 Å². The highest BCUT2D eigenvalue weighted by atomic mass is 28.4. The first-order chi connectivity index (χ1) is 16.1. The van der Waals surface area contributed by atoms with Crippen molar-refractivity contribution in [3.8, 4) is 5.75 Å². The number of ether oxygens (including phenoxy) is 1. The summed E-state index contributed by atoms with van der Waals surface area (Å²) in [5.74, 6) is 0.860. The maximum absolute atomic E-state index is 12.4. The summed E-state index contributed by atoms with van der Waals surface area (Å²) in [4.78, 5) is 12.4. The molecule has 0 amide bonds. The lowest BCUT2D eigenvalue weighted by atomic mass is 10.0. The van der Waals surface area contributed by atoms with E-state index in [1.54, 1.807) is 21.3 Å². The first-order valence-electron chi connectivity index (χ1n) is 12.1. The van der Waals surface area contributed by atoms with E-state index in [-0.39, 0.29) is 5.78 Å². The van der Waals surface area contributed by atoms with E-state index in [9.17, 15) is 4.79 Å². The molecule has 0 fully saturated rings. The van der Waals surface area contributed by atoms with Crippen molar-refractivity contribution in [2.75, 3.05) is 27.9 Å². The molecule has 2 rings (SSSR count). The number of carbonyl (C=O) groups excluding carboxylic acids is 1. The minimum Gasteiger partial charge on any atom is -0.494 e. The summed E-state index contributed by atoms with van der Waals surface area (Å²) in [7, 11) is 2.64. The molecule has 0 bridgehead atoms. The third-order valence-electron chi connectivity index (χ3n) is 5.98. The topological polar surface area (TPSA) is 54.0 Å². The molecule has 0 spiro atoms. The first kappa shape index (κ1) is 27.3. The number of benzene rings is 2. The molecule has 0 saturated heterocycles. The monoisotopic (exact) mass is 472 g/mol. The van der Waals surface area contributed by atoms with Crippen LogP contribution >= 0.6 is 0 Å². The van der Waals surface area contributed by atoms with Crippen molar-refractivity contribution < 1.29 is 22.8 Å². The molecule has 5 nitrogen and oxygen atoms in total. The Hall–Kier alpha value is -1.99. The van der Waals surface area contributed by atoms with Crippen LogP contribution in [0.4, 0.5) is 0 Å². The maximum Gasteiger partial charge on any atom is 0.500 e. The minimum absolute atomic E-state index is 0.0389. The second kappa shape index (κ2) is 15.8. The molecule has 0 aliphatic heterocycles. The molecule has 0 unspecified atom stereocenters. The van der Waals surface area contributed by atoms with Crippen LogP contribution in [0.15, 0.2) is 54.6 Å². The Kier molecular flexibility index (Phi) is 13.0. The van der Waals surface area contributed by atoms with Gasteiger partial charge in [0.1, 0.15) is 5.75 Å². The number of ketones is 1. The molecule has 0 heterocycles. The molecule has 0 aliphatic rings. The Bertz CT molecular complexity index is 767. The highest BCUT2D eigenvalue weighted by Gasteiger charge is 2.36. The third kappa shape index (κ3) is 9.80. The van der Waals surface area contributed by atoms with E-state index in [1.165, 1.54) is 44.9 Å². The molecule has 0 N–H and O–H groups in total. The Morgan fingerprint density at radius 2 is 1.12 bits per heavy atom. The van der Waals surface area contributed by atoms with Crippen LogP contribution in [0.25, 0.3) is 0 Å². The predicted molar refractivity (Wildman–Crippen MR) is 135 cm³/mol. The van der Waals surface area contributed by atoms with Crippen molar-refractivity contribution in [2.45, 2.75) is 63.8 Å². The molecule has 0 atom stereocenters. The van der Waals surface area contributed by atoms with E-state index in [1.807, 2.05) is 54.6 Å².